The number of methoxy groups -OCH3 is 1. The lowest BCUT2D eigenvalue weighted by Crippen LogP contribution is -2.43. The second-order valence-corrected chi connectivity index (χ2v) is 9.14. The summed E-state index contributed by atoms with van der Waals surface area (Å²) in [6.45, 7) is 6.67. The molecule has 0 aliphatic carbocycles. The van der Waals surface area contributed by atoms with Crippen LogP contribution >= 0.6 is 0 Å². The monoisotopic (exact) mass is 432 g/mol. The van der Waals surface area contributed by atoms with Crippen LogP contribution in [0.25, 0.3) is 0 Å². The molecule has 2 aromatic carbocycles. The third-order valence-corrected chi connectivity index (χ3v) is 6.85. The number of hydrogen-bond acceptors (Lipinski definition) is 6. The van der Waals surface area contributed by atoms with Crippen LogP contribution < -0.4 is 4.72 Å². The first-order chi connectivity index (χ1) is 14.3. The van der Waals surface area contributed by atoms with Gasteiger partial charge in [0.1, 0.15) is 0 Å². The van der Waals surface area contributed by atoms with Crippen molar-refractivity contribution in [2.45, 2.75) is 24.8 Å². The van der Waals surface area contributed by atoms with Crippen molar-refractivity contribution in [2.75, 3.05) is 40.0 Å². The molecule has 1 aliphatic rings. The molecular weight excluding hydrogens is 404 g/mol. The molecule has 0 amide bonds. The first-order valence-corrected chi connectivity index (χ1v) is 11.4. The van der Waals surface area contributed by atoms with Crippen molar-refractivity contribution in [3.05, 3.63) is 64.7 Å². The van der Waals surface area contributed by atoms with Gasteiger partial charge < -0.3 is 9.47 Å². The highest BCUT2D eigenvalue weighted by molar-refractivity contribution is 7.89. The van der Waals surface area contributed by atoms with E-state index in [4.69, 9.17) is 9.47 Å². The maximum atomic E-state index is 13.0. The molecule has 1 aliphatic heterocycles. The molecule has 7 nitrogen and oxygen atoms in total. The predicted molar refractivity (Wildman–Crippen MR) is 114 cm³/mol. The fourth-order valence-corrected chi connectivity index (χ4v) is 4.95. The fraction of sp³-hybridized carbons (Fsp3) is 0.409. The van der Waals surface area contributed by atoms with Crippen molar-refractivity contribution in [1.29, 1.82) is 0 Å². The molecule has 0 saturated carbocycles. The van der Waals surface area contributed by atoms with E-state index in [1.54, 1.807) is 6.92 Å². The Morgan fingerprint density at radius 3 is 2.53 bits per heavy atom. The largest absolute Gasteiger partial charge is 0.465 e. The molecule has 0 aromatic heterocycles. The smallest absolute Gasteiger partial charge is 0.337 e. The van der Waals surface area contributed by atoms with E-state index in [1.165, 1.54) is 25.3 Å². The van der Waals surface area contributed by atoms with Crippen LogP contribution in [-0.4, -0.2) is 59.2 Å². The van der Waals surface area contributed by atoms with Gasteiger partial charge in [0.2, 0.25) is 10.0 Å². The number of benzene rings is 2. The second-order valence-electron chi connectivity index (χ2n) is 7.40. The van der Waals surface area contributed by atoms with Gasteiger partial charge in [0.25, 0.3) is 0 Å². The highest BCUT2D eigenvalue weighted by Gasteiger charge is 2.26. The quantitative estimate of drug-likeness (QED) is 0.677. The average Bonchev–Trinajstić information content (AvgIpc) is 2.74. The van der Waals surface area contributed by atoms with Crippen LogP contribution in [0.2, 0.25) is 0 Å². The molecule has 30 heavy (non-hydrogen) atoms. The van der Waals surface area contributed by atoms with Crippen molar-refractivity contribution < 1.29 is 22.7 Å². The zero-order valence-electron chi connectivity index (χ0n) is 17.6. The number of hydrogen-bond donors (Lipinski definition) is 1. The highest BCUT2D eigenvalue weighted by Crippen LogP contribution is 2.24. The van der Waals surface area contributed by atoms with E-state index in [1.807, 2.05) is 25.1 Å². The van der Waals surface area contributed by atoms with E-state index < -0.39 is 16.0 Å². The second kappa shape index (κ2) is 9.70. The van der Waals surface area contributed by atoms with Gasteiger partial charge in [0.15, 0.2) is 0 Å². The minimum Gasteiger partial charge on any atom is -0.465 e. The maximum absolute atomic E-state index is 13.0. The number of ether oxygens (including phenoxy) is 2. The molecule has 3 rings (SSSR count). The molecule has 1 atom stereocenters. The molecule has 0 radical (unpaired) electrons. The number of morpholine rings is 1. The van der Waals surface area contributed by atoms with Gasteiger partial charge in [-0.1, -0.05) is 29.8 Å². The van der Waals surface area contributed by atoms with Crippen LogP contribution in [0.1, 0.15) is 33.1 Å². The van der Waals surface area contributed by atoms with Gasteiger partial charge in [0, 0.05) is 25.7 Å². The maximum Gasteiger partial charge on any atom is 0.337 e. The van der Waals surface area contributed by atoms with E-state index in [0.717, 1.165) is 24.2 Å². The summed E-state index contributed by atoms with van der Waals surface area (Å²) < 4.78 is 39.0. The summed E-state index contributed by atoms with van der Waals surface area (Å²) in [6, 6.07) is 12.5. The summed E-state index contributed by atoms with van der Waals surface area (Å²) in [4.78, 5) is 14.1. The molecule has 1 fully saturated rings. The van der Waals surface area contributed by atoms with Gasteiger partial charge in [0.05, 0.1) is 30.8 Å². The molecule has 0 bridgehead atoms. The topological polar surface area (TPSA) is 84.9 Å². The van der Waals surface area contributed by atoms with Crippen LogP contribution in [0.15, 0.2) is 47.4 Å². The van der Waals surface area contributed by atoms with Crippen LogP contribution in [0.4, 0.5) is 0 Å². The van der Waals surface area contributed by atoms with Crippen molar-refractivity contribution in [2.24, 2.45) is 0 Å². The van der Waals surface area contributed by atoms with Gasteiger partial charge >= 0.3 is 5.97 Å². The van der Waals surface area contributed by atoms with Crippen LogP contribution in [0, 0.1) is 13.8 Å². The summed E-state index contributed by atoms with van der Waals surface area (Å²) in [5.74, 6) is -0.498. The summed E-state index contributed by atoms with van der Waals surface area (Å²) in [5.41, 5.74) is 3.00. The Kier molecular flexibility index (Phi) is 7.25. The zero-order valence-corrected chi connectivity index (χ0v) is 18.4. The Bertz CT molecular complexity index is 1000. The van der Waals surface area contributed by atoms with Crippen LogP contribution in [-0.2, 0) is 19.5 Å². The number of nitrogens with zero attached hydrogens (tertiary/aromatic N) is 1. The van der Waals surface area contributed by atoms with Gasteiger partial charge in [-0.25, -0.2) is 17.9 Å². The number of esters is 1. The first kappa shape index (κ1) is 22.4. The minimum absolute atomic E-state index is 0.0989. The van der Waals surface area contributed by atoms with Gasteiger partial charge in [-0.2, -0.15) is 0 Å². The summed E-state index contributed by atoms with van der Waals surface area (Å²) >= 11 is 0. The Labute approximate surface area is 178 Å². The fourth-order valence-electron chi connectivity index (χ4n) is 3.69. The third-order valence-electron chi connectivity index (χ3n) is 5.27. The van der Waals surface area contributed by atoms with E-state index >= 15 is 0 Å². The third kappa shape index (κ3) is 5.26. The Morgan fingerprint density at radius 2 is 1.90 bits per heavy atom. The number of sulfonamides is 1. The van der Waals surface area contributed by atoms with E-state index in [0.29, 0.717) is 24.3 Å². The lowest BCUT2D eigenvalue weighted by Gasteiger charge is -2.35. The van der Waals surface area contributed by atoms with Crippen molar-refractivity contribution in [3.8, 4) is 0 Å². The SMILES string of the molecule is COC(=O)c1ccc(S(=O)(=O)NCC(c2cccc(C)c2)N2CCOCC2)c(C)c1. The van der Waals surface area contributed by atoms with Gasteiger partial charge in [-0.05, 0) is 43.2 Å². The number of carbonyl (C=O) groups is 1. The van der Waals surface area contributed by atoms with E-state index in [9.17, 15) is 13.2 Å². The molecular formula is C22H28N2O5S. The zero-order chi connectivity index (χ0) is 21.7. The van der Waals surface area contributed by atoms with Crippen molar-refractivity contribution in [3.63, 3.8) is 0 Å². The Balaban J connectivity index is 1.82. The lowest BCUT2D eigenvalue weighted by atomic mass is 10.0. The van der Waals surface area contributed by atoms with Crippen molar-refractivity contribution in [1.82, 2.24) is 9.62 Å². The standard InChI is InChI=1S/C22H28N2O5S/c1-16-5-4-6-18(13-16)20(24-9-11-29-12-10-24)15-23-30(26,27)21-8-7-19(14-17(21)2)22(25)28-3/h4-8,13-14,20,23H,9-12,15H2,1-3H3. The van der Waals surface area contributed by atoms with Gasteiger partial charge in [-0.3, -0.25) is 4.90 Å². The summed E-state index contributed by atoms with van der Waals surface area (Å²) in [6.07, 6.45) is 0. The number of rotatable bonds is 7. The average molecular weight is 433 g/mol. The molecule has 1 saturated heterocycles. The molecule has 162 valence electrons. The van der Waals surface area contributed by atoms with Crippen molar-refractivity contribution >= 4 is 16.0 Å². The summed E-state index contributed by atoms with van der Waals surface area (Å²) in [7, 11) is -2.46. The lowest BCUT2D eigenvalue weighted by molar-refractivity contribution is 0.0172. The Morgan fingerprint density at radius 1 is 1.17 bits per heavy atom. The predicted octanol–water partition coefficient (Wildman–Crippen LogP) is 2.44. The van der Waals surface area contributed by atoms with Gasteiger partial charge in [-0.15, -0.1) is 0 Å². The number of nitrogens with one attached hydrogen (secondary N) is 1. The normalized spacial score (nSPS) is 16.2. The molecule has 1 N–H and O–H groups in total. The minimum atomic E-state index is -3.75. The van der Waals surface area contributed by atoms with Crippen LogP contribution in [0.5, 0.6) is 0 Å². The van der Waals surface area contributed by atoms with E-state index in [2.05, 4.69) is 15.7 Å². The van der Waals surface area contributed by atoms with E-state index in [-0.39, 0.29) is 17.5 Å². The Hall–Kier alpha value is -2.26. The molecule has 8 heteroatoms. The molecule has 0 spiro atoms. The number of carbonyl (C=O) groups excluding carboxylic acids is 1. The molecule has 2 aromatic rings. The first-order valence-electron chi connectivity index (χ1n) is 9.89. The number of aryl methyl sites for hydroxylation is 2. The van der Waals surface area contributed by atoms with Crippen LogP contribution in [0.3, 0.4) is 0 Å². The summed E-state index contributed by atoms with van der Waals surface area (Å²) in [5, 5.41) is 0. The molecule has 1 unspecified atom stereocenters. The highest BCUT2D eigenvalue weighted by atomic mass is 32.2. The molecule has 1 heterocycles.